The molecule has 0 unspecified atom stereocenters. The maximum absolute atomic E-state index is 12.1. The van der Waals surface area contributed by atoms with Crippen LogP contribution in [0.2, 0.25) is 5.02 Å². The van der Waals surface area contributed by atoms with E-state index in [4.69, 9.17) is 11.6 Å². The second kappa shape index (κ2) is 8.87. The Kier molecular flexibility index (Phi) is 6.30. The summed E-state index contributed by atoms with van der Waals surface area (Å²) in [5.74, 6) is 1.02. The van der Waals surface area contributed by atoms with Gasteiger partial charge in [-0.05, 0) is 24.1 Å². The van der Waals surface area contributed by atoms with Crippen LogP contribution in [0.1, 0.15) is 11.4 Å². The normalized spacial score (nSPS) is 10.7. The molecule has 1 N–H and O–H groups in total. The zero-order chi connectivity index (χ0) is 18.4. The number of rotatable bonds is 7. The van der Waals surface area contributed by atoms with Crippen molar-refractivity contribution < 1.29 is 4.79 Å². The van der Waals surface area contributed by atoms with Crippen LogP contribution in [0.15, 0.2) is 59.8 Å². The fourth-order valence-electron chi connectivity index (χ4n) is 2.47. The van der Waals surface area contributed by atoms with Gasteiger partial charge in [0.25, 0.3) is 0 Å². The molecular weight excluding hydrogens is 368 g/mol. The van der Waals surface area contributed by atoms with Crippen molar-refractivity contribution in [2.45, 2.75) is 18.0 Å². The zero-order valence-electron chi connectivity index (χ0n) is 14.4. The van der Waals surface area contributed by atoms with Crippen LogP contribution in [0.4, 0.5) is 5.69 Å². The molecule has 1 heterocycles. The number of aromatic nitrogens is 3. The summed E-state index contributed by atoms with van der Waals surface area (Å²) in [5, 5.41) is 12.5. The highest BCUT2D eigenvalue weighted by atomic mass is 35.5. The van der Waals surface area contributed by atoms with Gasteiger partial charge < -0.3 is 9.88 Å². The van der Waals surface area contributed by atoms with Crippen molar-refractivity contribution in [3.05, 3.63) is 71.0 Å². The van der Waals surface area contributed by atoms with E-state index in [0.717, 1.165) is 23.8 Å². The van der Waals surface area contributed by atoms with Gasteiger partial charge in [-0.25, -0.2) is 0 Å². The lowest BCUT2D eigenvalue weighted by atomic mass is 10.1. The molecule has 0 bridgehead atoms. The van der Waals surface area contributed by atoms with Gasteiger partial charge in [0.2, 0.25) is 5.91 Å². The maximum Gasteiger partial charge on any atom is 0.234 e. The fourth-order valence-corrected chi connectivity index (χ4v) is 3.38. The van der Waals surface area contributed by atoms with Crippen LogP contribution < -0.4 is 5.32 Å². The average Bonchev–Trinajstić information content (AvgIpc) is 3.01. The Labute approximate surface area is 161 Å². The van der Waals surface area contributed by atoms with Crippen LogP contribution in [-0.2, 0) is 24.7 Å². The summed E-state index contributed by atoms with van der Waals surface area (Å²) >= 11 is 7.41. The molecule has 0 aliphatic carbocycles. The highest BCUT2D eigenvalue weighted by Crippen LogP contribution is 2.22. The third-order valence-corrected chi connectivity index (χ3v) is 5.24. The van der Waals surface area contributed by atoms with E-state index >= 15 is 0 Å². The van der Waals surface area contributed by atoms with E-state index in [2.05, 4.69) is 27.6 Å². The Bertz CT molecular complexity index is 882. The lowest BCUT2D eigenvalue weighted by Gasteiger charge is -2.07. The van der Waals surface area contributed by atoms with Gasteiger partial charge >= 0.3 is 0 Å². The Hall–Kier alpha value is -2.31. The molecule has 3 aromatic rings. The summed E-state index contributed by atoms with van der Waals surface area (Å²) in [4.78, 5) is 12.1. The summed E-state index contributed by atoms with van der Waals surface area (Å²) < 4.78 is 1.94. The number of hydrogen-bond acceptors (Lipinski definition) is 4. The molecule has 26 heavy (non-hydrogen) atoms. The summed E-state index contributed by atoms with van der Waals surface area (Å²) in [6.07, 6.45) is 1.71. The van der Waals surface area contributed by atoms with Crippen molar-refractivity contribution >= 4 is 35.0 Å². The molecule has 0 spiro atoms. The van der Waals surface area contributed by atoms with E-state index in [1.165, 1.54) is 17.3 Å². The fraction of sp³-hybridized carbons (Fsp3) is 0.211. The number of carbonyl (C=O) groups excluding carboxylic acids is 1. The number of halogens is 1. The van der Waals surface area contributed by atoms with Gasteiger partial charge in [-0.2, -0.15) is 0 Å². The Balaban J connectivity index is 1.53. The van der Waals surface area contributed by atoms with E-state index in [-0.39, 0.29) is 11.7 Å². The van der Waals surface area contributed by atoms with E-state index < -0.39 is 0 Å². The van der Waals surface area contributed by atoms with Crippen molar-refractivity contribution in [3.63, 3.8) is 0 Å². The molecule has 5 nitrogen and oxygen atoms in total. The number of para-hydroxylation sites is 1. The predicted octanol–water partition coefficient (Wildman–Crippen LogP) is 3.98. The molecule has 0 saturated heterocycles. The Morgan fingerprint density at radius 1 is 1.08 bits per heavy atom. The number of anilines is 1. The van der Waals surface area contributed by atoms with Crippen LogP contribution in [-0.4, -0.2) is 26.4 Å². The van der Waals surface area contributed by atoms with Crippen LogP contribution >= 0.6 is 23.4 Å². The second-order valence-electron chi connectivity index (χ2n) is 5.76. The van der Waals surface area contributed by atoms with Crippen LogP contribution in [0.5, 0.6) is 0 Å². The highest BCUT2D eigenvalue weighted by molar-refractivity contribution is 7.99. The average molecular weight is 387 g/mol. The second-order valence-corrected chi connectivity index (χ2v) is 7.11. The van der Waals surface area contributed by atoms with Crippen molar-refractivity contribution in [2.75, 3.05) is 11.1 Å². The number of aryl methyl sites for hydroxylation is 2. The first-order chi connectivity index (χ1) is 12.6. The molecule has 0 aliphatic rings. The van der Waals surface area contributed by atoms with Crippen molar-refractivity contribution in [1.82, 2.24) is 14.8 Å². The first kappa shape index (κ1) is 18.5. The monoisotopic (exact) mass is 386 g/mol. The minimum Gasteiger partial charge on any atom is -0.324 e. The quantitative estimate of drug-likeness (QED) is 0.624. The molecule has 0 aliphatic heterocycles. The van der Waals surface area contributed by atoms with Gasteiger partial charge in [-0.15, -0.1) is 10.2 Å². The van der Waals surface area contributed by atoms with Gasteiger partial charge in [-0.3, -0.25) is 4.79 Å². The SMILES string of the molecule is Cn1c(CCc2ccccc2)nnc1SCC(=O)Nc1ccccc1Cl. The number of thioether (sulfide) groups is 1. The molecule has 0 saturated carbocycles. The number of nitrogens with zero attached hydrogens (tertiary/aromatic N) is 3. The van der Waals surface area contributed by atoms with Crippen molar-refractivity contribution in [3.8, 4) is 0 Å². The van der Waals surface area contributed by atoms with Gasteiger partial charge in [0.05, 0.1) is 16.5 Å². The maximum atomic E-state index is 12.1. The summed E-state index contributed by atoms with van der Waals surface area (Å²) in [6.45, 7) is 0. The van der Waals surface area contributed by atoms with Crippen LogP contribution in [0.3, 0.4) is 0 Å². The standard InChI is InChI=1S/C19H19ClN4OS/c1-24-17(12-11-14-7-3-2-4-8-14)22-23-19(24)26-13-18(25)21-16-10-6-5-9-15(16)20/h2-10H,11-13H2,1H3,(H,21,25). The number of carbonyl (C=O) groups is 1. The third-order valence-electron chi connectivity index (χ3n) is 3.89. The lowest BCUT2D eigenvalue weighted by Crippen LogP contribution is -2.14. The van der Waals surface area contributed by atoms with Gasteiger partial charge in [0, 0.05) is 13.5 Å². The molecular formula is C19H19ClN4OS. The predicted molar refractivity (Wildman–Crippen MR) is 106 cm³/mol. The topological polar surface area (TPSA) is 59.8 Å². The van der Waals surface area contributed by atoms with Gasteiger partial charge in [-0.1, -0.05) is 65.8 Å². The zero-order valence-corrected chi connectivity index (χ0v) is 15.9. The molecule has 1 amide bonds. The molecule has 2 aromatic carbocycles. The molecule has 3 rings (SSSR count). The Morgan fingerprint density at radius 3 is 2.58 bits per heavy atom. The number of benzene rings is 2. The number of amides is 1. The third kappa shape index (κ3) is 4.86. The van der Waals surface area contributed by atoms with Crippen LogP contribution in [0.25, 0.3) is 0 Å². The summed E-state index contributed by atoms with van der Waals surface area (Å²) in [6, 6.07) is 17.4. The first-order valence-corrected chi connectivity index (χ1v) is 9.59. The number of hydrogen-bond donors (Lipinski definition) is 1. The van der Waals surface area contributed by atoms with E-state index in [1.54, 1.807) is 12.1 Å². The molecule has 1 aromatic heterocycles. The van der Waals surface area contributed by atoms with E-state index in [0.29, 0.717) is 10.7 Å². The summed E-state index contributed by atoms with van der Waals surface area (Å²) in [5.41, 5.74) is 1.88. The molecule has 134 valence electrons. The minimum absolute atomic E-state index is 0.128. The molecule has 0 radical (unpaired) electrons. The van der Waals surface area contributed by atoms with Crippen molar-refractivity contribution in [1.29, 1.82) is 0 Å². The number of nitrogens with one attached hydrogen (secondary N) is 1. The van der Waals surface area contributed by atoms with E-state index in [1.807, 2.05) is 41.9 Å². The largest absolute Gasteiger partial charge is 0.324 e. The molecule has 0 atom stereocenters. The first-order valence-electron chi connectivity index (χ1n) is 8.23. The van der Waals surface area contributed by atoms with Gasteiger partial charge in [0.1, 0.15) is 5.82 Å². The summed E-state index contributed by atoms with van der Waals surface area (Å²) in [7, 11) is 1.93. The lowest BCUT2D eigenvalue weighted by molar-refractivity contribution is -0.113. The van der Waals surface area contributed by atoms with Crippen LogP contribution in [0, 0.1) is 0 Å². The van der Waals surface area contributed by atoms with E-state index in [9.17, 15) is 4.79 Å². The smallest absolute Gasteiger partial charge is 0.234 e. The van der Waals surface area contributed by atoms with Crippen molar-refractivity contribution in [2.24, 2.45) is 7.05 Å². The Morgan fingerprint density at radius 2 is 1.81 bits per heavy atom. The highest BCUT2D eigenvalue weighted by Gasteiger charge is 2.12. The van der Waals surface area contributed by atoms with Gasteiger partial charge in [0.15, 0.2) is 5.16 Å². The molecule has 7 heteroatoms. The molecule has 0 fully saturated rings. The minimum atomic E-state index is -0.128.